The minimum atomic E-state index is -4.59. The average molecular weight is 383 g/mol. The third-order valence-electron chi connectivity index (χ3n) is 4.02. The van der Waals surface area contributed by atoms with E-state index < -0.39 is 21.9 Å². The SMILES string of the molecule is CC1C=CC(c2cc(C(F)(F)F)nn2-c2ccc(S(N)(=O)=O)cc2)=CC1. The van der Waals surface area contributed by atoms with E-state index in [0.29, 0.717) is 23.6 Å². The molecule has 0 radical (unpaired) electrons. The highest BCUT2D eigenvalue weighted by Gasteiger charge is 2.35. The Labute approximate surface area is 148 Å². The van der Waals surface area contributed by atoms with Crippen LogP contribution in [-0.4, -0.2) is 18.2 Å². The number of primary sulfonamides is 1. The van der Waals surface area contributed by atoms with Gasteiger partial charge in [0, 0.05) is 0 Å². The molecule has 1 aliphatic carbocycles. The van der Waals surface area contributed by atoms with E-state index in [9.17, 15) is 21.6 Å². The van der Waals surface area contributed by atoms with Gasteiger partial charge in [-0.3, -0.25) is 0 Å². The second-order valence-electron chi connectivity index (χ2n) is 6.09. The van der Waals surface area contributed by atoms with Gasteiger partial charge in [-0.25, -0.2) is 18.2 Å². The van der Waals surface area contributed by atoms with Gasteiger partial charge in [-0.05, 0) is 48.2 Å². The molecule has 0 spiro atoms. The Kier molecular flexibility index (Phi) is 4.53. The number of sulfonamides is 1. The molecule has 0 fully saturated rings. The Morgan fingerprint density at radius 3 is 2.38 bits per heavy atom. The molecule has 1 aromatic heterocycles. The van der Waals surface area contributed by atoms with E-state index in [1.54, 1.807) is 6.08 Å². The van der Waals surface area contributed by atoms with Crippen molar-refractivity contribution >= 4 is 15.6 Å². The van der Waals surface area contributed by atoms with Crippen LogP contribution in [0.3, 0.4) is 0 Å². The number of nitrogens with two attached hydrogens (primary N) is 1. The van der Waals surface area contributed by atoms with Crippen molar-refractivity contribution in [3.63, 3.8) is 0 Å². The molecule has 1 atom stereocenters. The quantitative estimate of drug-likeness (QED) is 0.881. The molecule has 9 heteroatoms. The minimum Gasteiger partial charge on any atom is -0.233 e. The van der Waals surface area contributed by atoms with E-state index in [1.165, 1.54) is 24.3 Å². The van der Waals surface area contributed by atoms with E-state index in [2.05, 4.69) is 5.10 Å². The number of hydrogen-bond donors (Lipinski definition) is 1. The van der Waals surface area contributed by atoms with Gasteiger partial charge in [0.2, 0.25) is 10.0 Å². The maximum absolute atomic E-state index is 13.1. The maximum atomic E-state index is 13.1. The molecule has 5 nitrogen and oxygen atoms in total. The lowest BCUT2D eigenvalue weighted by atomic mass is 9.96. The van der Waals surface area contributed by atoms with Crippen LogP contribution in [0.5, 0.6) is 0 Å². The van der Waals surface area contributed by atoms with Crippen molar-refractivity contribution in [2.45, 2.75) is 24.4 Å². The summed E-state index contributed by atoms with van der Waals surface area (Å²) in [5.41, 5.74) is 0.192. The highest BCUT2D eigenvalue weighted by atomic mass is 32.2. The van der Waals surface area contributed by atoms with Crippen LogP contribution in [-0.2, 0) is 16.2 Å². The van der Waals surface area contributed by atoms with Crippen molar-refractivity contribution in [2.75, 3.05) is 0 Å². The molecule has 2 N–H and O–H groups in total. The first-order valence-corrected chi connectivity index (χ1v) is 9.29. The first-order chi connectivity index (χ1) is 12.1. The van der Waals surface area contributed by atoms with Crippen molar-refractivity contribution in [3.05, 3.63) is 59.9 Å². The molecule has 1 heterocycles. The Morgan fingerprint density at radius 2 is 1.88 bits per heavy atom. The zero-order chi connectivity index (χ0) is 19.1. The summed E-state index contributed by atoms with van der Waals surface area (Å²) >= 11 is 0. The van der Waals surface area contributed by atoms with Gasteiger partial charge in [-0.2, -0.15) is 18.3 Å². The number of hydrogen-bond acceptors (Lipinski definition) is 3. The molecule has 2 aromatic rings. The Bertz CT molecular complexity index is 987. The van der Waals surface area contributed by atoms with Gasteiger partial charge in [-0.1, -0.05) is 25.2 Å². The van der Waals surface area contributed by atoms with Crippen molar-refractivity contribution in [1.82, 2.24) is 9.78 Å². The van der Waals surface area contributed by atoms with Gasteiger partial charge in [0.1, 0.15) is 0 Å². The van der Waals surface area contributed by atoms with Crippen molar-refractivity contribution in [2.24, 2.45) is 11.1 Å². The van der Waals surface area contributed by atoms with Crippen molar-refractivity contribution in [3.8, 4) is 5.69 Å². The van der Waals surface area contributed by atoms with E-state index in [-0.39, 0.29) is 10.6 Å². The highest BCUT2D eigenvalue weighted by Crippen LogP contribution is 2.33. The Balaban J connectivity index is 2.11. The number of alkyl halides is 3. The molecule has 1 aliphatic rings. The van der Waals surface area contributed by atoms with Crippen LogP contribution in [0.25, 0.3) is 11.3 Å². The third-order valence-corrected chi connectivity index (χ3v) is 4.95. The van der Waals surface area contributed by atoms with Gasteiger partial charge in [-0.15, -0.1) is 0 Å². The zero-order valence-electron chi connectivity index (χ0n) is 13.7. The summed E-state index contributed by atoms with van der Waals surface area (Å²) in [6, 6.07) is 6.19. The van der Waals surface area contributed by atoms with Gasteiger partial charge >= 0.3 is 6.18 Å². The van der Waals surface area contributed by atoms with Crippen molar-refractivity contribution < 1.29 is 21.6 Å². The summed E-state index contributed by atoms with van der Waals surface area (Å²) in [7, 11) is -3.89. The van der Waals surface area contributed by atoms with E-state index >= 15 is 0 Å². The summed E-state index contributed by atoms with van der Waals surface area (Å²) < 4.78 is 63.3. The second-order valence-corrected chi connectivity index (χ2v) is 7.66. The number of allylic oxidation sites excluding steroid dienone is 4. The smallest absolute Gasteiger partial charge is 0.233 e. The van der Waals surface area contributed by atoms with Crippen LogP contribution in [0.1, 0.15) is 24.7 Å². The van der Waals surface area contributed by atoms with Crippen LogP contribution < -0.4 is 5.14 Å². The largest absolute Gasteiger partial charge is 0.435 e. The Morgan fingerprint density at radius 1 is 1.23 bits per heavy atom. The molecule has 0 aliphatic heterocycles. The highest BCUT2D eigenvalue weighted by molar-refractivity contribution is 7.89. The predicted molar refractivity (Wildman–Crippen MR) is 90.8 cm³/mol. The molecule has 0 bridgehead atoms. The lowest BCUT2D eigenvalue weighted by Crippen LogP contribution is -2.12. The first kappa shape index (κ1) is 18.4. The normalized spacial score (nSPS) is 18.0. The fourth-order valence-electron chi connectivity index (χ4n) is 2.62. The number of rotatable bonds is 3. The lowest BCUT2D eigenvalue weighted by Gasteiger charge is -2.13. The summed E-state index contributed by atoms with van der Waals surface area (Å²) in [4.78, 5) is -0.128. The molecule has 0 amide bonds. The molecule has 0 saturated carbocycles. The van der Waals surface area contributed by atoms with E-state index in [1.807, 2.05) is 19.1 Å². The summed E-state index contributed by atoms with van der Waals surface area (Å²) in [5, 5.41) is 8.72. The predicted octanol–water partition coefficient (Wildman–Crippen LogP) is 3.52. The maximum Gasteiger partial charge on any atom is 0.435 e. The molecule has 138 valence electrons. The number of benzene rings is 1. The monoisotopic (exact) mass is 383 g/mol. The molecule has 1 aromatic carbocycles. The first-order valence-electron chi connectivity index (χ1n) is 7.75. The lowest BCUT2D eigenvalue weighted by molar-refractivity contribution is -0.141. The molecule has 26 heavy (non-hydrogen) atoms. The fourth-order valence-corrected chi connectivity index (χ4v) is 3.13. The van der Waals surface area contributed by atoms with E-state index in [4.69, 9.17) is 5.14 Å². The summed E-state index contributed by atoms with van der Waals surface area (Å²) in [6.45, 7) is 2.01. The topological polar surface area (TPSA) is 78.0 Å². The molecular weight excluding hydrogens is 367 g/mol. The van der Waals surface area contributed by atoms with Crippen LogP contribution in [0, 0.1) is 5.92 Å². The average Bonchev–Trinajstić information content (AvgIpc) is 3.00. The van der Waals surface area contributed by atoms with Crippen LogP contribution in [0.4, 0.5) is 13.2 Å². The summed E-state index contributed by atoms with van der Waals surface area (Å²) in [5.74, 6) is 0.311. The number of halogens is 3. The Hall–Kier alpha value is -2.39. The molecule has 1 unspecified atom stereocenters. The fraction of sp³-hybridized carbons (Fsp3) is 0.235. The number of nitrogens with zero attached hydrogens (tertiary/aromatic N) is 2. The molecular formula is C17H16F3N3O2S. The van der Waals surface area contributed by atoms with Gasteiger partial charge in [0.25, 0.3) is 0 Å². The zero-order valence-corrected chi connectivity index (χ0v) is 14.6. The van der Waals surface area contributed by atoms with Gasteiger partial charge < -0.3 is 0 Å². The van der Waals surface area contributed by atoms with Crippen LogP contribution >= 0.6 is 0 Å². The van der Waals surface area contributed by atoms with Gasteiger partial charge in [0.15, 0.2) is 5.69 Å². The molecule has 3 rings (SSSR count). The number of aromatic nitrogens is 2. The van der Waals surface area contributed by atoms with Crippen LogP contribution in [0.2, 0.25) is 0 Å². The third kappa shape index (κ3) is 3.73. The van der Waals surface area contributed by atoms with E-state index in [0.717, 1.165) is 10.7 Å². The second kappa shape index (κ2) is 6.40. The van der Waals surface area contributed by atoms with Crippen molar-refractivity contribution in [1.29, 1.82) is 0 Å². The summed E-state index contributed by atoms with van der Waals surface area (Å²) in [6.07, 6.45) is 1.66. The minimum absolute atomic E-state index is 0.128. The van der Waals surface area contributed by atoms with Crippen LogP contribution in [0.15, 0.2) is 53.5 Å². The van der Waals surface area contributed by atoms with Gasteiger partial charge in [0.05, 0.1) is 16.3 Å². The molecule has 0 saturated heterocycles. The standard InChI is InChI=1S/C17H16F3N3O2S/c1-11-2-4-12(5-3-11)15-10-16(17(18,19)20)22-23(15)13-6-8-14(9-7-13)26(21,24)25/h2,4-11H,3H2,1H3,(H2,21,24,25).